The highest BCUT2D eigenvalue weighted by Crippen LogP contribution is 2.27. The molecule has 1 atom stereocenters. The van der Waals surface area contributed by atoms with Crippen molar-refractivity contribution in [1.82, 2.24) is 10.2 Å². The van der Waals surface area contributed by atoms with Crippen LogP contribution in [0.3, 0.4) is 0 Å². The highest BCUT2D eigenvalue weighted by molar-refractivity contribution is 6.42. The van der Waals surface area contributed by atoms with Crippen LogP contribution in [0.5, 0.6) is 0 Å². The molecule has 0 bridgehead atoms. The summed E-state index contributed by atoms with van der Waals surface area (Å²) in [6.07, 6.45) is 1.46. The summed E-state index contributed by atoms with van der Waals surface area (Å²) in [5.74, 6) is -0.205. The number of rotatable bonds is 4. The van der Waals surface area contributed by atoms with Gasteiger partial charge in [0.25, 0.3) is 0 Å². The number of amides is 2. The molecule has 1 heterocycles. The van der Waals surface area contributed by atoms with E-state index in [1.54, 1.807) is 17.0 Å². The molecule has 1 aromatic rings. The largest absolute Gasteiger partial charge is 0.345 e. The zero-order valence-corrected chi connectivity index (χ0v) is 12.7. The maximum Gasteiger partial charge on any atom is 0.243 e. The normalized spacial score (nSPS) is 19.1. The first-order valence-electron chi connectivity index (χ1n) is 6.54. The molecule has 0 saturated carbocycles. The number of benzene rings is 1. The fourth-order valence-corrected chi connectivity index (χ4v) is 2.69. The Hall–Kier alpha value is -1.26. The standard InChI is InChI=1S/C14H16Cl2N2O2/c1-2-4-11-14(20)17-7-12(19)18(11)8-9-5-3-6-10(15)13(9)16/h3,5-6,11H,2,4,7-8H2,1H3,(H,17,20). The molecule has 1 aliphatic heterocycles. The van der Waals surface area contributed by atoms with Gasteiger partial charge in [-0.1, -0.05) is 48.7 Å². The average Bonchev–Trinajstić information content (AvgIpc) is 2.43. The predicted molar refractivity (Wildman–Crippen MR) is 78.7 cm³/mol. The molecule has 1 aliphatic rings. The van der Waals surface area contributed by atoms with E-state index in [-0.39, 0.29) is 18.4 Å². The fraction of sp³-hybridized carbons (Fsp3) is 0.429. The van der Waals surface area contributed by atoms with Gasteiger partial charge in [0, 0.05) is 6.54 Å². The zero-order chi connectivity index (χ0) is 14.7. The number of nitrogens with zero attached hydrogens (tertiary/aromatic N) is 1. The van der Waals surface area contributed by atoms with Crippen LogP contribution >= 0.6 is 23.2 Å². The van der Waals surface area contributed by atoms with Crippen molar-refractivity contribution in [2.24, 2.45) is 0 Å². The van der Waals surface area contributed by atoms with Gasteiger partial charge in [-0.3, -0.25) is 9.59 Å². The van der Waals surface area contributed by atoms with Crippen molar-refractivity contribution in [2.75, 3.05) is 6.54 Å². The molecule has 2 amide bonds. The minimum atomic E-state index is -0.434. The van der Waals surface area contributed by atoms with Crippen LogP contribution in [0.1, 0.15) is 25.3 Å². The topological polar surface area (TPSA) is 49.4 Å². The maximum atomic E-state index is 12.1. The summed E-state index contributed by atoms with van der Waals surface area (Å²) < 4.78 is 0. The molecule has 1 unspecified atom stereocenters. The number of halogens is 2. The number of carbonyl (C=O) groups excluding carboxylic acids is 2. The molecule has 4 nitrogen and oxygen atoms in total. The van der Waals surface area contributed by atoms with Gasteiger partial charge in [0.05, 0.1) is 16.6 Å². The molecule has 1 fully saturated rings. The van der Waals surface area contributed by atoms with Gasteiger partial charge in [-0.25, -0.2) is 0 Å². The lowest BCUT2D eigenvalue weighted by Crippen LogP contribution is -2.57. The average molecular weight is 315 g/mol. The zero-order valence-electron chi connectivity index (χ0n) is 11.2. The number of carbonyl (C=O) groups is 2. The van der Waals surface area contributed by atoms with Crippen LogP contribution in [0, 0.1) is 0 Å². The van der Waals surface area contributed by atoms with Crippen molar-refractivity contribution in [3.63, 3.8) is 0 Å². The molecular formula is C14H16Cl2N2O2. The molecule has 20 heavy (non-hydrogen) atoms. The third-order valence-corrected chi connectivity index (χ3v) is 4.21. The Morgan fingerprint density at radius 3 is 2.80 bits per heavy atom. The third kappa shape index (κ3) is 3.07. The van der Waals surface area contributed by atoms with Gasteiger partial charge >= 0.3 is 0 Å². The van der Waals surface area contributed by atoms with Crippen LogP contribution in [-0.2, 0) is 16.1 Å². The van der Waals surface area contributed by atoms with E-state index in [1.807, 2.05) is 13.0 Å². The molecule has 2 rings (SSSR count). The van der Waals surface area contributed by atoms with E-state index in [1.165, 1.54) is 0 Å². The molecular weight excluding hydrogens is 299 g/mol. The van der Waals surface area contributed by atoms with Crippen LogP contribution in [0.2, 0.25) is 10.0 Å². The Bertz CT molecular complexity index is 534. The van der Waals surface area contributed by atoms with Gasteiger partial charge in [-0.15, -0.1) is 0 Å². The van der Waals surface area contributed by atoms with Crippen molar-refractivity contribution in [1.29, 1.82) is 0 Å². The van der Waals surface area contributed by atoms with Gasteiger partial charge in [-0.2, -0.15) is 0 Å². The minimum absolute atomic E-state index is 0.0389. The number of hydrogen-bond acceptors (Lipinski definition) is 2. The van der Waals surface area contributed by atoms with Crippen LogP contribution in [0.4, 0.5) is 0 Å². The summed E-state index contributed by atoms with van der Waals surface area (Å²) in [4.78, 5) is 25.6. The lowest BCUT2D eigenvalue weighted by Gasteiger charge is -2.35. The summed E-state index contributed by atoms with van der Waals surface area (Å²) >= 11 is 12.1. The van der Waals surface area contributed by atoms with Crippen molar-refractivity contribution in [3.8, 4) is 0 Å². The fourth-order valence-electron chi connectivity index (χ4n) is 2.31. The minimum Gasteiger partial charge on any atom is -0.345 e. The van der Waals surface area contributed by atoms with Gasteiger partial charge in [0.15, 0.2) is 0 Å². The summed E-state index contributed by atoms with van der Waals surface area (Å²) in [6, 6.07) is 4.86. The second-order valence-corrected chi connectivity index (χ2v) is 5.54. The predicted octanol–water partition coefficient (Wildman–Crippen LogP) is 2.62. The quantitative estimate of drug-likeness (QED) is 0.928. The Balaban J connectivity index is 2.25. The van der Waals surface area contributed by atoms with Gasteiger partial charge in [0.2, 0.25) is 11.8 Å². The van der Waals surface area contributed by atoms with E-state index >= 15 is 0 Å². The van der Waals surface area contributed by atoms with E-state index in [4.69, 9.17) is 23.2 Å². The maximum absolute atomic E-state index is 12.1. The Morgan fingerprint density at radius 1 is 1.35 bits per heavy atom. The Morgan fingerprint density at radius 2 is 2.10 bits per heavy atom. The first-order chi connectivity index (χ1) is 9.54. The molecule has 108 valence electrons. The number of nitrogens with one attached hydrogen (secondary N) is 1. The summed E-state index contributed by atoms with van der Waals surface area (Å²) in [5, 5.41) is 3.50. The summed E-state index contributed by atoms with van der Waals surface area (Å²) in [5.41, 5.74) is 0.753. The van der Waals surface area contributed by atoms with Crippen molar-refractivity contribution in [3.05, 3.63) is 33.8 Å². The van der Waals surface area contributed by atoms with E-state index < -0.39 is 6.04 Å². The second kappa shape index (κ2) is 6.46. The third-order valence-electron chi connectivity index (χ3n) is 3.35. The van der Waals surface area contributed by atoms with Crippen molar-refractivity contribution >= 4 is 35.0 Å². The van der Waals surface area contributed by atoms with Crippen LogP contribution in [0.25, 0.3) is 0 Å². The molecule has 0 spiro atoms. The lowest BCUT2D eigenvalue weighted by atomic mass is 10.1. The molecule has 0 aliphatic carbocycles. The van der Waals surface area contributed by atoms with Crippen molar-refractivity contribution in [2.45, 2.75) is 32.4 Å². The molecule has 0 radical (unpaired) electrons. The highest BCUT2D eigenvalue weighted by atomic mass is 35.5. The van der Waals surface area contributed by atoms with E-state index in [2.05, 4.69) is 5.32 Å². The van der Waals surface area contributed by atoms with E-state index in [0.717, 1.165) is 12.0 Å². The van der Waals surface area contributed by atoms with Crippen molar-refractivity contribution < 1.29 is 9.59 Å². The van der Waals surface area contributed by atoms with Gasteiger partial charge in [-0.05, 0) is 18.1 Å². The number of piperazine rings is 1. The lowest BCUT2D eigenvalue weighted by molar-refractivity contribution is -0.146. The summed E-state index contributed by atoms with van der Waals surface area (Å²) in [7, 11) is 0. The van der Waals surface area contributed by atoms with Crippen LogP contribution in [-0.4, -0.2) is 29.3 Å². The summed E-state index contributed by atoms with van der Waals surface area (Å²) in [6.45, 7) is 2.32. The Kier molecular flexibility index (Phi) is 4.89. The Labute approximate surface area is 128 Å². The molecule has 0 aromatic heterocycles. The molecule has 6 heteroatoms. The molecule has 1 aromatic carbocycles. The van der Waals surface area contributed by atoms with Crippen LogP contribution in [0.15, 0.2) is 18.2 Å². The van der Waals surface area contributed by atoms with E-state index in [9.17, 15) is 9.59 Å². The smallest absolute Gasteiger partial charge is 0.243 e. The van der Waals surface area contributed by atoms with Gasteiger partial charge in [0.1, 0.15) is 6.04 Å². The first kappa shape index (κ1) is 15.1. The molecule has 1 N–H and O–H groups in total. The van der Waals surface area contributed by atoms with E-state index in [0.29, 0.717) is 23.0 Å². The molecule has 1 saturated heterocycles. The van der Waals surface area contributed by atoms with Gasteiger partial charge < -0.3 is 10.2 Å². The monoisotopic (exact) mass is 314 g/mol. The second-order valence-electron chi connectivity index (χ2n) is 4.76. The van der Waals surface area contributed by atoms with Crippen LogP contribution < -0.4 is 5.32 Å². The SMILES string of the molecule is CCCC1C(=O)NCC(=O)N1Cc1cccc(Cl)c1Cl. The number of hydrogen-bond donors (Lipinski definition) is 1. The first-order valence-corrected chi connectivity index (χ1v) is 7.30. The highest BCUT2D eigenvalue weighted by Gasteiger charge is 2.33.